The third-order valence-corrected chi connectivity index (χ3v) is 3.63. The Morgan fingerprint density at radius 1 is 1.45 bits per heavy atom. The topological polar surface area (TPSA) is 87.7 Å². The molecule has 2 amide bonds. The maximum Gasteiger partial charge on any atom is 0.329 e. The van der Waals surface area contributed by atoms with Crippen LogP contribution in [0.15, 0.2) is 22.7 Å². The zero-order valence-electron chi connectivity index (χ0n) is 11.5. The van der Waals surface area contributed by atoms with Crippen LogP contribution in [-0.2, 0) is 4.79 Å². The third-order valence-electron chi connectivity index (χ3n) is 2.98. The number of hydrogen-bond acceptors (Lipinski definition) is 3. The van der Waals surface area contributed by atoms with Gasteiger partial charge in [-0.2, -0.15) is 0 Å². The van der Waals surface area contributed by atoms with Crippen LogP contribution in [0.5, 0.6) is 5.75 Å². The minimum atomic E-state index is -1.30. The van der Waals surface area contributed by atoms with Crippen LogP contribution in [0.25, 0.3) is 0 Å². The van der Waals surface area contributed by atoms with Crippen LogP contribution < -0.4 is 15.4 Å². The highest BCUT2D eigenvalue weighted by Gasteiger charge is 2.32. The normalized spacial score (nSPS) is 13.2. The molecule has 20 heavy (non-hydrogen) atoms. The van der Waals surface area contributed by atoms with Crippen molar-refractivity contribution in [1.82, 2.24) is 5.32 Å². The number of ether oxygens (including phenoxy) is 1. The van der Waals surface area contributed by atoms with Gasteiger partial charge in [-0.25, -0.2) is 9.59 Å². The molecule has 0 bridgehead atoms. The van der Waals surface area contributed by atoms with E-state index >= 15 is 0 Å². The molecule has 0 aliphatic heterocycles. The molecular formula is C13H17BrN2O4. The molecule has 0 aliphatic rings. The Balaban J connectivity index is 2.79. The summed E-state index contributed by atoms with van der Waals surface area (Å²) in [6.07, 6.45) is 0.277. The number of amides is 2. The lowest BCUT2D eigenvalue weighted by molar-refractivity contribution is -0.143. The third kappa shape index (κ3) is 3.86. The van der Waals surface area contributed by atoms with E-state index in [0.29, 0.717) is 11.4 Å². The van der Waals surface area contributed by atoms with Gasteiger partial charge in [0.1, 0.15) is 11.3 Å². The second-order valence-corrected chi connectivity index (χ2v) is 5.27. The Morgan fingerprint density at radius 3 is 2.60 bits per heavy atom. The van der Waals surface area contributed by atoms with Gasteiger partial charge in [-0.3, -0.25) is 0 Å². The SMILES string of the molecule is CCC(C)(NC(=O)Nc1ccc(Br)c(OC)c1)C(=O)O. The molecule has 0 saturated heterocycles. The number of anilines is 1. The van der Waals surface area contributed by atoms with Crippen molar-refractivity contribution in [2.75, 3.05) is 12.4 Å². The Morgan fingerprint density at radius 2 is 2.10 bits per heavy atom. The van der Waals surface area contributed by atoms with Gasteiger partial charge < -0.3 is 20.5 Å². The number of rotatable bonds is 5. The fourth-order valence-electron chi connectivity index (χ4n) is 1.44. The van der Waals surface area contributed by atoms with Gasteiger partial charge in [-0.1, -0.05) is 6.92 Å². The van der Waals surface area contributed by atoms with Crippen LogP contribution in [0.4, 0.5) is 10.5 Å². The molecule has 6 nitrogen and oxygen atoms in total. The molecule has 1 rings (SSSR count). The minimum absolute atomic E-state index is 0.277. The number of urea groups is 1. The highest BCUT2D eigenvalue weighted by Crippen LogP contribution is 2.27. The molecule has 0 radical (unpaired) electrons. The molecule has 0 aliphatic carbocycles. The molecule has 110 valence electrons. The van der Waals surface area contributed by atoms with E-state index in [0.717, 1.165) is 4.47 Å². The summed E-state index contributed by atoms with van der Waals surface area (Å²) in [5.74, 6) is -0.511. The maximum atomic E-state index is 11.8. The van der Waals surface area contributed by atoms with Crippen molar-refractivity contribution in [2.24, 2.45) is 0 Å². The average Bonchev–Trinajstić information content (AvgIpc) is 2.40. The van der Waals surface area contributed by atoms with E-state index < -0.39 is 17.5 Å². The van der Waals surface area contributed by atoms with Crippen LogP contribution >= 0.6 is 15.9 Å². The minimum Gasteiger partial charge on any atom is -0.495 e. The predicted octanol–water partition coefficient (Wildman–Crippen LogP) is 2.83. The van der Waals surface area contributed by atoms with Gasteiger partial charge >= 0.3 is 12.0 Å². The highest BCUT2D eigenvalue weighted by atomic mass is 79.9. The van der Waals surface area contributed by atoms with E-state index in [1.54, 1.807) is 25.1 Å². The standard InChI is InChI=1S/C13H17BrN2O4/c1-4-13(2,11(17)18)16-12(19)15-8-5-6-9(14)10(7-8)20-3/h5-7H,4H2,1-3H3,(H,17,18)(H2,15,16,19). The zero-order chi connectivity index (χ0) is 15.3. The molecule has 0 heterocycles. The van der Waals surface area contributed by atoms with Gasteiger partial charge in [-0.05, 0) is 41.4 Å². The number of benzene rings is 1. The molecule has 1 atom stereocenters. The lowest BCUT2D eigenvalue weighted by Gasteiger charge is -2.24. The van der Waals surface area contributed by atoms with Gasteiger partial charge in [0.05, 0.1) is 11.6 Å². The van der Waals surface area contributed by atoms with Crippen LogP contribution in [0, 0.1) is 0 Å². The number of methoxy groups -OCH3 is 1. The van der Waals surface area contributed by atoms with Gasteiger partial charge in [0.15, 0.2) is 0 Å². The summed E-state index contributed by atoms with van der Waals surface area (Å²) < 4.78 is 5.87. The first-order valence-corrected chi connectivity index (χ1v) is 6.77. The Hall–Kier alpha value is -1.76. The number of carboxylic acid groups (broad SMARTS) is 1. The summed E-state index contributed by atoms with van der Waals surface area (Å²) in [6, 6.07) is 4.45. The summed E-state index contributed by atoms with van der Waals surface area (Å²) in [6.45, 7) is 3.15. The van der Waals surface area contributed by atoms with Gasteiger partial charge in [0.25, 0.3) is 0 Å². The van der Waals surface area contributed by atoms with E-state index in [1.165, 1.54) is 14.0 Å². The molecule has 0 saturated carbocycles. The van der Waals surface area contributed by atoms with Crippen molar-refractivity contribution < 1.29 is 19.4 Å². The van der Waals surface area contributed by atoms with Crippen LogP contribution in [0.1, 0.15) is 20.3 Å². The number of aliphatic carboxylic acids is 1. The second kappa shape index (κ2) is 6.60. The molecule has 0 fully saturated rings. The fourth-order valence-corrected chi connectivity index (χ4v) is 1.85. The first-order chi connectivity index (χ1) is 9.32. The molecule has 1 unspecified atom stereocenters. The van der Waals surface area contributed by atoms with E-state index in [-0.39, 0.29) is 6.42 Å². The molecule has 1 aromatic carbocycles. The molecule has 0 spiro atoms. The second-order valence-electron chi connectivity index (χ2n) is 4.42. The van der Waals surface area contributed by atoms with Gasteiger partial charge in [0.2, 0.25) is 0 Å². The fraction of sp³-hybridized carbons (Fsp3) is 0.385. The summed E-state index contributed by atoms with van der Waals surface area (Å²) in [5, 5.41) is 14.1. The van der Waals surface area contributed by atoms with Gasteiger partial charge in [0, 0.05) is 11.8 Å². The molecular weight excluding hydrogens is 328 g/mol. The van der Waals surface area contributed by atoms with Crippen molar-refractivity contribution in [3.05, 3.63) is 22.7 Å². The van der Waals surface area contributed by atoms with Crippen molar-refractivity contribution in [1.29, 1.82) is 0 Å². The number of nitrogens with one attached hydrogen (secondary N) is 2. The smallest absolute Gasteiger partial charge is 0.329 e. The van der Waals surface area contributed by atoms with Crippen LogP contribution in [-0.4, -0.2) is 29.8 Å². The number of carboxylic acids is 1. The summed E-state index contributed by atoms with van der Waals surface area (Å²) in [7, 11) is 1.52. The molecule has 0 aromatic heterocycles. The van der Waals surface area contributed by atoms with E-state index in [2.05, 4.69) is 26.6 Å². The Labute approximate surface area is 125 Å². The molecule has 1 aromatic rings. The van der Waals surface area contributed by atoms with Crippen molar-refractivity contribution >= 4 is 33.6 Å². The summed E-state index contributed by atoms with van der Waals surface area (Å²) in [5.41, 5.74) is -0.796. The van der Waals surface area contributed by atoms with Crippen LogP contribution in [0.2, 0.25) is 0 Å². The largest absolute Gasteiger partial charge is 0.495 e. The first-order valence-electron chi connectivity index (χ1n) is 5.98. The molecule has 7 heteroatoms. The number of carbonyl (C=O) groups excluding carboxylic acids is 1. The van der Waals surface area contributed by atoms with Crippen molar-refractivity contribution in [3.63, 3.8) is 0 Å². The maximum absolute atomic E-state index is 11.8. The monoisotopic (exact) mass is 344 g/mol. The Kier molecular flexibility index (Phi) is 5.38. The lowest BCUT2D eigenvalue weighted by Crippen LogP contribution is -2.53. The predicted molar refractivity (Wildman–Crippen MR) is 79.2 cm³/mol. The summed E-state index contributed by atoms with van der Waals surface area (Å²) in [4.78, 5) is 23.0. The van der Waals surface area contributed by atoms with Crippen molar-refractivity contribution in [2.45, 2.75) is 25.8 Å². The quantitative estimate of drug-likeness (QED) is 0.766. The first kappa shape index (κ1) is 16.3. The van der Waals surface area contributed by atoms with E-state index in [9.17, 15) is 9.59 Å². The number of hydrogen-bond donors (Lipinski definition) is 3. The lowest BCUT2D eigenvalue weighted by atomic mass is 10.00. The number of carbonyl (C=O) groups is 2. The van der Waals surface area contributed by atoms with E-state index in [1.807, 2.05) is 0 Å². The summed E-state index contributed by atoms with van der Waals surface area (Å²) >= 11 is 3.30. The zero-order valence-corrected chi connectivity index (χ0v) is 13.1. The van der Waals surface area contributed by atoms with E-state index in [4.69, 9.17) is 9.84 Å². The number of halogens is 1. The molecule has 3 N–H and O–H groups in total. The average molecular weight is 345 g/mol. The van der Waals surface area contributed by atoms with Crippen molar-refractivity contribution in [3.8, 4) is 5.75 Å². The van der Waals surface area contributed by atoms with Gasteiger partial charge in [-0.15, -0.1) is 0 Å². The van der Waals surface area contributed by atoms with Crippen LogP contribution in [0.3, 0.4) is 0 Å². The Bertz CT molecular complexity index is 521. The highest BCUT2D eigenvalue weighted by molar-refractivity contribution is 9.10.